The van der Waals surface area contributed by atoms with Gasteiger partial charge >= 0.3 is 20.2 Å². The van der Waals surface area contributed by atoms with Gasteiger partial charge in [-0.2, -0.15) is 16.8 Å². The van der Waals surface area contributed by atoms with Crippen molar-refractivity contribution >= 4 is 38.0 Å². The number of fused-ring (bicyclic) bond motifs is 3. The Kier molecular flexibility index (Phi) is 4.14. The van der Waals surface area contributed by atoms with Crippen LogP contribution in [0.25, 0.3) is 0 Å². The number of ketones is 2. The molecule has 0 radical (unpaired) electrons. The molecule has 1 aliphatic heterocycles. The molecule has 158 valence electrons. The first kappa shape index (κ1) is 20.7. The Balaban J connectivity index is 2.23. The maximum Gasteiger partial charge on any atom is 0.304 e. The predicted molar refractivity (Wildman–Crippen MR) is 100 cm³/mol. The summed E-state index contributed by atoms with van der Waals surface area (Å²) in [4.78, 5) is 21.5. The van der Waals surface area contributed by atoms with Gasteiger partial charge in [0.15, 0.2) is 11.6 Å². The second-order valence-electron chi connectivity index (χ2n) is 6.94. The molecule has 0 unspecified atom stereocenters. The van der Waals surface area contributed by atoms with Crippen LogP contribution in [0.4, 0.5) is 0 Å². The zero-order valence-electron chi connectivity index (χ0n) is 14.7. The molecule has 4 rings (SSSR count). The number of carbonyl (C=O) groups excluding carboxylic acids is 2. The molecule has 11 nitrogen and oxygen atoms in total. The van der Waals surface area contributed by atoms with Crippen LogP contribution in [0.1, 0.15) is 20.7 Å². The standard InChI is InChI=1S/C17H13NO10S2/c19-13-8-4-1-2-5-9(8)14(20)12-11(13)10-6-3-7-18-15(10)17(22,30(26,27)28)16(12,21)29(23,24)25/h1-7,10,15,21-22H,(H,23,24,25)(H,26,27,28)/t10-,15+,16-,17-/m1/s1. The van der Waals surface area contributed by atoms with Crippen molar-refractivity contribution in [2.75, 3.05) is 0 Å². The Labute approximate surface area is 169 Å². The summed E-state index contributed by atoms with van der Waals surface area (Å²) in [7, 11) is -12.0. The molecule has 1 aromatic carbocycles. The largest absolute Gasteiger partial charge is 0.367 e. The predicted octanol–water partition coefficient (Wildman–Crippen LogP) is -0.846. The van der Waals surface area contributed by atoms with E-state index in [2.05, 4.69) is 4.99 Å². The topological polar surface area (TPSA) is 196 Å². The molecule has 0 bridgehead atoms. The summed E-state index contributed by atoms with van der Waals surface area (Å²) < 4.78 is 68.5. The third-order valence-electron chi connectivity index (χ3n) is 5.47. The van der Waals surface area contributed by atoms with Gasteiger partial charge in [0.25, 0.3) is 9.87 Å². The summed E-state index contributed by atoms with van der Waals surface area (Å²) in [6, 6.07) is 2.96. The molecule has 3 aliphatic rings. The van der Waals surface area contributed by atoms with Crippen LogP contribution in [0, 0.1) is 5.92 Å². The first-order valence-electron chi connectivity index (χ1n) is 8.30. The first-order chi connectivity index (χ1) is 13.8. The van der Waals surface area contributed by atoms with Gasteiger partial charge in [0.1, 0.15) is 6.04 Å². The SMILES string of the molecule is O=C1C2=C(C(=O)c3ccccc31)[C@@](O)(S(=O)(=O)O)[C@](O)(S(=O)(=O)O)[C@H]1N=CC=C[C@H]21. The van der Waals surface area contributed by atoms with E-state index in [0.717, 1.165) is 18.4 Å². The minimum Gasteiger partial charge on any atom is -0.367 e. The molecule has 2 aliphatic carbocycles. The number of nitrogens with zero attached hydrogens (tertiary/aromatic N) is 1. The van der Waals surface area contributed by atoms with E-state index in [0.29, 0.717) is 0 Å². The second kappa shape index (κ2) is 6.00. The molecule has 30 heavy (non-hydrogen) atoms. The Bertz CT molecular complexity index is 1320. The van der Waals surface area contributed by atoms with Crippen LogP contribution >= 0.6 is 0 Å². The minimum atomic E-state index is -6.06. The van der Waals surface area contributed by atoms with Gasteiger partial charge in [-0.15, -0.1) is 0 Å². The number of aliphatic imine (C=N–C) groups is 1. The maximum absolute atomic E-state index is 13.2. The van der Waals surface area contributed by atoms with Gasteiger partial charge in [-0.05, 0) is 6.08 Å². The maximum atomic E-state index is 13.2. The fraction of sp³-hybridized carbons (Fsp3) is 0.235. The normalized spacial score (nSPS) is 33.2. The molecule has 1 aromatic rings. The van der Waals surface area contributed by atoms with Crippen LogP contribution in [0.3, 0.4) is 0 Å². The number of hydrogen-bond acceptors (Lipinski definition) is 9. The number of Topliss-reactive ketones (excluding diaryl/α,β-unsaturated/α-hetero) is 2. The van der Waals surface area contributed by atoms with Crippen LogP contribution in [0.5, 0.6) is 0 Å². The Morgan fingerprint density at radius 1 is 0.900 bits per heavy atom. The van der Waals surface area contributed by atoms with Crippen molar-refractivity contribution in [1.29, 1.82) is 0 Å². The lowest BCUT2D eigenvalue weighted by Gasteiger charge is -2.50. The number of allylic oxidation sites excluding steroid dienone is 1. The lowest BCUT2D eigenvalue weighted by atomic mass is 9.67. The highest BCUT2D eigenvalue weighted by molar-refractivity contribution is 7.91. The number of rotatable bonds is 2. The summed E-state index contributed by atoms with van der Waals surface area (Å²) in [6.07, 6.45) is 3.34. The van der Waals surface area contributed by atoms with Gasteiger partial charge in [-0.25, -0.2) is 0 Å². The zero-order chi connectivity index (χ0) is 22.3. The molecule has 0 saturated carbocycles. The Morgan fingerprint density at radius 2 is 1.47 bits per heavy atom. The van der Waals surface area contributed by atoms with Crippen molar-refractivity contribution in [2.24, 2.45) is 10.9 Å². The van der Waals surface area contributed by atoms with Gasteiger partial charge in [0.05, 0.1) is 5.57 Å². The molecule has 4 atom stereocenters. The van der Waals surface area contributed by atoms with Crippen molar-refractivity contribution in [3.8, 4) is 0 Å². The molecular formula is C17H13NO10S2. The van der Waals surface area contributed by atoms with E-state index in [1.54, 1.807) is 0 Å². The molecular weight excluding hydrogens is 442 g/mol. The van der Waals surface area contributed by atoms with Crippen molar-refractivity contribution in [3.05, 3.63) is 58.7 Å². The molecule has 0 amide bonds. The van der Waals surface area contributed by atoms with Crippen LogP contribution in [-0.2, 0) is 20.2 Å². The Morgan fingerprint density at radius 3 is 2.00 bits per heavy atom. The van der Waals surface area contributed by atoms with Crippen LogP contribution in [0.15, 0.2) is 52.6 Å². The highest BCUT2D eigenvalue weighted by atomic mass is 32.2. The van der Waals surface area contributed by atoms with Crippen molar-refractivity contribution < 1.29 is 45.7 Å². The lowest BCUT2D eigenvalue weighted by Crippen LogP contribution is -2.74. The van der Waals surface area contributed by atoms with E-state index in [1.807, 2.05) is 0 Å². The number of hydrogen-bond donors (Lipinski definition) is 4. The second-order valence-corrected chi connectivity index (χ2v) is 10.1. The summed E-state index contributed by atoms with van der Waals surface area (Å²) in [5, 5.41) is 22.0. The first-order valence-corrected chi connectivity index (χ1v) is 11.2. The van der Waals surface area contributed by atoms with Crippen molar-refractivity contribution in [3.63, 3.8) is 0 Å². The van der Waals surface area contributed by atoms with Crippen LogP contribution in [0.2, 0.25) is 0 Å². The van der Waals surface area contributed by atoms with E-state index in [1.165, 1.54) is 24.3 Å². The fourth-order valence-electron chi connectivity index (χ4n) is 4.18. The average Bonchev–Trinajstić information content (AvgIpc) is 2.67. The summed E-state index contributed by atoms with van der Waals surface area (Å²) >= 11 is 0. The highest BCUT2D eigenvalue weighted by Gasteiger charge is 2.77. The van der Waals surface area contributed by atoms with Crippen molar-refractivity contribution in [2.45, 2.75) is 15.9 Å². The smallest absolute Gasteiger partial charge is 0.304 e. The summed E-state index contributed by atoms with van der Waals surface area (Å²) in [6.45, 7) is 0. The highest BCUT2D eigenvalue weighted by Crippen LogP contribution is 2.54. The monoisotopic (exact) mass is 455 g/mol. The van der Waals surface area contributed by atoms with E-state index in [-0.39, 0.29) is 11.1 Å². The molecule has 0 spiro atoms. The number of benzene rings is 1. The summed E-state index contributed by atoms with van der Waals surface area (Å²) in [5.74, 6) is -3.76. The number of dihydropyridines is 1. The third-order valence-corrected chi connectivity index (χ3v) is 8.19. The van der Waals surface area contributed by atoms with E-state index in [4.69, 9.17) is 0 Å². The number of aliphatic hydroxyl groups is 2. The van der Waals surface area contributed by atoms with E-state index in [9.17, 15) is 45.7 Å². The van der Waals surface area contributed by atoms with Crippen molar-refractivity contribution in [1.82, 2.24) is 0 Å². The molecule has 13 heteroatoms. The molecule has 4 N–H and O–H groups in total. The Hall–Kier alpha value is -2.55. The van der Waals surface area contributed by atoms with Gasteiger partial charge in [0, 0.05) is 28.8 Å². The molecule has 0 aromatic heterocycles. The minimum absolute atomic E-state index is 0.155. The van der Waals surface area contributed by atoms with E-state index >= 15 is 0 Å². The fourth-order valence-corrected chi connectivity index (χ4v) is 6.73. The summed E-state index contributed by atoms with van der Waals surface area (Å²) in [5.41, 5.74) is -2.57. The molecule has 1 heterocycles. The molecule has 0 saturated heterocycles. The molecule has 0 fully saturated rings. The quantitative estimate of drug-likeness (QED) is 0.408. The van der Waals surface area contributed by atoms with Gasteiger partial charge in [-0.1, -0.05) is 30.3 Å². The van der Waals surface area contributed by atoms with E-state index < -0.39 is 64.8 Å². The average molecular weight is 455 g/mol. The van der Waals surface area contributed by atoms with Gasteiger partial charge in [-0.3, -0.25) is 23.7 Å². The van der Waals surface area contributed by atoms with Crippen LogP contribution < -0.4 is 0 Å². The van der Waals surface area contributed by atoms with Crippen LogP contribution in [-0.4, -0.2) is 69.8 Å². The zero-order valence-corrected chi connectivity index (χ0v) is 16.3. The van der Waals surface area contributed by atoms with Gasteiger partial charge < -0.3 is 10.2 Å². The third kappa shape index (κ3) is 2.24. The van der Waals surface area contributed by atoms with Gasteiger partial charge in [0.2, 0.25) is 0 Å². The number of carbonyl (C=O) groups is 2. The lowest BCUT2D eigenvalue weighted by molar-refractivity contribution is -0.0591.